The molecule has 0 saturated carbocycles. The first-order chi connectivity index (χ1) is 12.4. The number of pyridine rings is 1. The number of carbonyl (C=O) groups is 2. The van der Waals surface area contributed by atoms with Crippen molar-refractivity contribution < 1.29 is 14.3 Å². The smallest absolute Gasteiger partial charge is 0.310 e. The van der Waals surface area contributed by atoms with Gasteiger partial charge in [0.25, 0.3) is 0 Å². The Labute approximate surface area is 156 Å². The first-order valence-corrected chi connectivity index (χ1v) is 8.81. The van der Waals surface area contributed by atoms with Crippen molar-refractivity contribution in [3.05, 3.63) is 58.5 Å². The number of ketones is 1. The summed E-state index contributed by atoms with van der Waals surface area (Å²) in [7, 11) is 0. The third kappa shape index (κ3) is 3.48. The van der Waals surface area contributed by atoms with Gasteiger partial charge in [0, 0.05) is 23.0 Å². The summed E-state index contributed by atoms with van der Waals surface area (Å²) in [6.45, 7) is 5.79. The Morgan fingerprint density at radius 3 is 2.69 bits per heavy atom. The minimum atomic E-state index is -0.418. The molecule has 0 saturated heterocycles. The Balaban J connectivity index is 2.13. The number of esters is 1. The van der Waals surface area contributed by atoms with E-state index in [9.17, 15) is 9.59 Å². The summed E-state index contributed by atoms with van der Waals surface area (Å²) in [4.78, 5) is 32.1. The molecular formula is C20H19ClN2O3. The summed E-state index contributed by atoms with van der Waals surface area (Å²) in [5, 5.41) is 1.14. The number of ether oxygens (including phenoxy) is 1. The Kier molecular flexibility index (Phi) is 5.09. The minimum Gasteiger partial charge on any atom is -0.423 e. The maximum atomic E-state index is 13.0. The molecule has 6 heteroatoms. The number of nitrogens with one attached hydrogen (secondary N) is 1. The van der Waals surface area contributed by atoms with Crippen molar-refractivity contribution >= 4 is 34.3 Å². The van der Waals surface area contributed by atoms with Crippen LogP contribution in [0.5, 0.6) is 5.75 Å². The van der Waals surface area contributed by atoms with E-state index in [4.69, 9.17) is 16.3 Å². The van der Waals surface area contributed by atoms with E-state index in [0.29, 0.717) is 21.6 Å². The van der Waals surface area contributed by atoms with Gasteiger partial charge in [0.2, 0.25) is 5.78 Å². The average Bonchev–Trinajstić information content (AvgIpc) is 2.98. The number of aromatic nitrogens is 2. The van der Waals surface area contributed by atoms with Gasteiger partial charge in [-0.3, -0.25) is 14.6 Å². The van der Waals surface area contributed by atoms with Gasteiger partial charge in [0.15, 0.2) is 5.75 Å². The van der Waals surface area contributed by atoms with Crippen LogP contribution in [0.3, 0.4) is 0 Å². The van der Waals surface area contributed by atoms with E-state index in [1.807, 2.05) is 19.9 Å². The Bertz CT molecular complexity index is 992. The van der Waals surface area contributed by atoms with Gasteiger partial charge >= 0.3 is 5.97 Å². The van der Waals surface area contributed by atoms with Gasteiger partial charge in [0.1, 0.15) is 11.4 Å². The van der Waals surface area contributed by atoms with Gasteiger partial charge in [-0.25, -0.2) is 0 Å². The number of aromatic amines is 1. The zero-order chi connectivity index (χ0) is 18.8. The van der Waals surface area contributed by atoms with Gasteiger partial charge in [-0.15, -0.1) is 0 Å². The molecule has 0 aliphatic carbocycles. The number of hydrogen-bond acceptors (Lipinski definition) is 4. The lowest BCUT2D eigenvalue weighted by molar-refractivity contribution is -0.133. The molecule has 0 fully saturated rings. The van der Waals surface area contributed by atoms with Crippen LogP contribution in [0.4, 0.5) is 0 Å². The molecule has 134 valence electrons. The maximum Gasteiger partial charge on any atom is 0.310 e. The van der Waals surface area contributed by atoms with E-state index < -0.39 is 5.97 Å². The van der Waals surface area contributed by atoms with Crippen molar-refractivity contribution in [1.82, 2.24) is 9.97 Å². The van der Waals surface area contributed by atoms with Gasteiger partial charge in [0.05, 0.1) is 5.52 Å². The second kappa shape index (κ2) is 7.30. The third-order valence-electron chi connectivity index (χ3n) is 4.13. The van der Waals surface area contributed by atoms with E-state index in [-0.39, 0.29) is 29.6 Å². The lowest BCUT2D eigenvalue weighted by atomic mass is 10.0. The number of fused-ring (bicyclic) bond motifs is 1. The van der Waals surface area contributed by atoms with Crippen LogP contribution >= 0.6 is 11.6 Å². The second-order valence-corrected chi connectivity index (χ2v) is 6.74. The van der Waals surface area contributed by atoms with Crippen LogP contribution in [0.15, 0.2) is 36.5 Å². The maximum absolute atomic E-state index is 13.0. The Morgan fingerprint density at radius 1 is 1.23 bits per heavy atom. The molecule has 0 bridgehead atoms. The van der Waals surface area contributed by atoms with Gasteiger partial charge < -0.3 is 9.72 Å². The highest BCUT2D eigenvalue weighted by Crippen LogP contribution is 2.33. The molecule has 0 atom stereocenters. The molecule has 2 heterocycles. The van der Waals surface area contributed by atoms with Crippen LogP contribution in [0.25, 0.3) is 10.9 Å². The molecule has 3 aromatic rings. The van der Waals surface area contributed by atoms with Crippen LogP contribution in [-0.4, -0.2) is 21.7 Å². The molecule has 0 unspecified atom stereocenters. The predicted octanol–water partition coefficient (Wildman–Crippen LogP) is 4.89. The van der Waals surface area contributed by atoms with Crippen molar-refractivity contribution in [3.8, 4) is 5.75 Å². The fraction of sp³-hybridized carbons (Fsp3) is 0.250. The van der Waals surface area contributed by atoms with Crippen LogP contribution < -0.4 is 4.74 Å². The Hall–Kier alpha value is -2.66. The quantitative estimate of drug-likeness (QED) is 0.513. The van der Waals surface area contributed by atoms with Crippen molar-refractivity contribution in [1.29, 1.82) is 0 Å². The molecule has 0 spiro atoms. The van der Waals surface area contributed by atoms with Crippen molar-refractivity contribution in [2.45, 2.75) is 33.1 Å². The fourth-order valence-corrected chi connectivity index (χ4v) is 2.83. The number of nitrogens with zero attached hydrogens (tertiary/aromatic N) is 1. The number of halogens is 1. The zero-order valence-electron chi connectivity index (χ0n) is 14.8. The standard InChI is InChI=1S/C20H19ClN2O3/c1-4-17(24)26-20-14-6-5-13(21)10-15(14)23-18(20)19(25)16-9-12(11(2)3)7-8-22-16/h5-11,23H,4H2,1-3H3. The average molecular weight is 371 g/mol. The minimum absolute atomic E-state index is 0.192. The highest BCUT2D eigenvalue weighted by molar-refractivity contribution is 6.31. The molecule has 26 heavy (non-hydrogen) atoms. The van der Waals surface area contributed by atoms with Crippen molar-refractivity contribution in [2.24, 2.45) is 0 Å². The SMILES string of the molecule is CCC(=O)Oc1c(C(=O)c2cc(C(C)C)ccn2)[nH]c2cc(Cl)ccc12. The molecule has 1 N–H and O–H groups in total. The molecule has 1 aromatic carbocycles. The van der Waals surface area contributed by atoms with Crippen molar-refractivity contribution in [3.63, 3.8) is 0 Å². The summed E-state index contributed by atoms with van der Waals surface area (Å²) >= 11 is 6.04. The molecular weight excluding hydrogens is 352 g/mol. The van der Waals surface area contributed by atoms with E-state index in [1.54, 1.807) is 37.4 Å². The number of hydrogen-bond donors (Lipinski definition) is 1. The lowest BCUT2D eigenvalue weighted by Gasteiger charge is -2.08. The number of carbonyl (C=O) groups excluding carboxylic acids is 2. The summed E-state index contributed by atoms with van der Waals surface area (Å²) in [6, 6.07) is 8.74. The van der Waals surface area contributed by atoms with Crippen LogP contribution in [0.1, 0.15) is 54.9 Å². The third-order valence-corrected chi connectivity index (χ3v) is 4.36. The molecule has 0 radical (unpaired) electrons. The molecule has 5 nitrogen and oxygen atoms in total. The molecule has 0 amide bonds. The fourth-order valence-electron chi connectivity index (χ4n) is 2.65. The number of H-pyrrole nitrogens is 1. The normalized spacial score (nSPS) is 11.1. The summed E-state index contributed by atoms with van der Waals surface area (Å²) < 4.78 is 5.45. The monoisotopic (exact) mass is 370 g/mol. The molecule has 0 aliphatic heterocycles. The summed E-state index contributed by atoms with van der Waals surface area (Å²) in [5.41, 5.74) is 2.12. The van der Waals surface area contributed by atoms with Crippen LogP contribution in [0, 0.1) is 0 Å². The molecule has 3 rings (SSSR count). The number of benzene rings is 1. The van der Waals surface area contributed by atoms with E-state index in [1.165, 1.54) is 0 Å². The highest BCUT2D eigenvalue weighted by atomic mass is 35.5. The van der Waals surface area contributed by atoms with Crippen LogP contribution in [0.2, 0.25) is 5.02 Å². The van der Waals surface area contributed by atoms with Gasteiger partial charge in [-0.05, 0) is 41.8 Å². The predicted molar refractivity (Wildman–Crippen MR) is 101 cm³/mol. The summed E-state index contributed by atoms with van der Waals surface area (Å²) in [6.07, 6.45) is 1.81. The zero-order valence-corrected chi connectivity index (χ0v) is 15.6. The lowest BCUT2D eigenvalue weighted by Crippen LogP contribution is -2.11. The first-order valence-electron chi connectivity index (χ1n) is 8.43. The topological polar surface area (TPSA) is 72.1 Å². The Morgan fingerprint density at radius 2 is 2.00 bits per heavy atom. The molecule has 2 aromatic heterocycles. The van der Waals surface area contributed by atoms with E-state index in [0.717, 1.165) is 5.56 Å². The highest BCUT2D eigenvalue weighted by Gasteiger charge is 2.23. The second-order valence-electron chi connectivity index (χ2n) is 6.30. The summed E-state index contributed by atoms with van der Waals surface area (Å²) in [5.74, 6) is -0.272. The van der Waals surface area contributed by atoms with Crippen molar-refractivity contribution in [2.75, 3.05) is 0 Å². The van der Waals surface area contributed by atoms with Crippen LogP contribution in [-0.2, 0) is 4.79 Å². The van der Waals surface area contributed by atoms with E-state index in [2.05, 4.69) is 9.97 Å². The number of rotatable bonds is 5. The molecule has 0 aliphatic rings. The largest absolute Gasteiger partial charge is 0.423 e. The van der Waals surface area contributed by atoms with Gasteiger partial charge in [-0.2, -0.15) is 0 Å². The van der Waals surface area contributed by atoms with E-state index >= 15 is 0 Å². The first kappa shape index (κ1) is 18.1. The van der Waals surface area contributed by atoms with Gasteiger partial charge in [-0.1, -0.05) is 32.4 Å².